The number of hydrogen-bond donors (Lipinski definition) is 1. The van der Waals surface area contributed by atoms with E-state index >= 15 is 0 Å². The van der Waals surface area contributed by atoms with Crippen LogP contribution in [0.5, 0.6) is 0 Å². The molecule has 0 unspecified atom stereocenters. The van der Waals surface area contributed by atoms with Crippen LogP contribution in [0.4, 0.5) is 0 Å². The highest BCUT2D eigenvalue weighted by atomic mass is 15.0. The van der Waals surface area contributed by atoms with Gasteiger partial charge in [-0.3, -0.25) is 0 Å². The highest BCUT2D eigenvalue weighted by Crippen LogP contribution is 2.09. The minimum absolute atomic E-state index is 0.444. The van der Waals surface area contributed by atoms with E-state index in [1.807, 2.05) is 7.05 Å². The lowest BCUT2D eigenvalue weighted by atomic mass is 10.2. The monoisotopic (exact) mass is 138 g/mol. The normalized spacial score (nSPS) is 13.5. The van der Waals surface area contributed by atoms with Gasteiger partial charge in [0.15, 0.2) is 0 Å². The standard InChI is InChI=1S/C8H14N2/c1-7(9-2)8-5-4-6-10(8)3/h4-7,9H,1-3H3/t7-/m0/s1. The summed E-state index contributed by atoms with van der Waals surface area (Å²) >= 11 is 0. The lowest BCUT2D eigenvalue weighted by Crippen LogP contribution is -2.14. The fourth-order valence-electron chi connectivity index (χ4n) is 1.07. The Morgan fingerprint density at radius 1 is 1.60 bits per heavy atom. The van der Waals surface area contributed by atoms with Gasteiger partial charge in [0.2, 0.25) is 0 Å². The molecular weight excluding hydrogens is 124 g/mol. The summed E-state index contributed by atoms with van der Waals surface area (Å²) in [6, 6.07) is 4.63. The molecule has 1 aromatic heterocycles. The van der Waals surface area contributed by atoms with Crippen molar-refractivity contribution >= 4 is 0 Å². The Morgan fingerprint density at radius 3 is 2.70 bits per heavy atom. The van der Waals surface area contributed by atoms with Crippen molar-refractivity contribution in [1.29, 1.82) is 0 Å². The van der Waals surface area contributed by atoms with Crippen LogP contribution in [0.1, 0.15) is 18.7 Å². The van der Waals surface area contributed by atoms with E-state index in [0.717, 1.165) is 0 Å². The average Bonchev–Trinajstić information content (AvgIpc) is 2.34. The van der Waals surface area contributed by atoms with Crippen LogP contribution in [-0.2, 0) is 7.05 Å². The molecule has 0 radical (unpaired) electrons. The Bertz CT molecular complexity index is 203. The largest absolute Gasteiger partial charge is 0.353 e. The van der Waals surface area contributed by atoms with Gasteiger partial charge in [-0.25, -0.2) is 0 Å². The molecule has 10 heavy (non-hydrogen) atoms. The summed E-state index contributed by atoms with van der Waals surface area (Å²) in [6.07, 6.45) is 2.06. The number of nitrogens with zero attached hydrogens (tertiary/aromatic N) is 1. The van der Waals surface area contributed by atoms with Crippen molar-refractivity contribution in [3.63, 3.8) is 0 Å². The van der Waals surface area contributed by atoms with Crippen molar-refractivity contribution < 1.29 is 0 Å². The molecule has 0 spiro atoms. The van der Waals surface area contributed by atoms with Gasteiger partial charge in [-0.05, 0) is 26.1 Å². The molecule has 2 heteroatoms. The maximum Gasteiger partial charge on any atom is 0.0443 e. The number of nitrogens with one attached hydrogen (secondary N) is 1. The average molecular weight is 138 g/mol. The molecule has 2 nitrogen and oxygen atoms in total. The molecule has 0 aliphatic rings. The van der Waals surface area contributed by atoms with Crippen molar-refractivity contribution in [3.05, 3.63) is 24.0 Å². The van der Waals surface area contributed by atoms with Gasteiger partial charge in [0, 0.05) is 25.0 Å². The Balaban J connectivity index is 2.82. The van der Waals surface area contributed by atoms with Crippen LogP contribution in [0.3, 0.4) is 0 Å². The minimum atomic E-state index is 0.444. The minimum Gasteiger partial charge on any atom is -0.353 e. The molecule has 0 bridgehead atoms. The highest BCUT2D eigenvalue weighted by molar-refractivity contribution is 5.10. The third-order valence-electron chi connectivity index (χ3n) is 1.86. The van der Waals surface area contributed by atoms with E-state index in [2.05, 4.69) is 42.2 Å². The molecule has 1 heterocycles. The van der Waals surface area contributed by atoms with E-state index in [9.17, 15) is 0 Å². The number of aromatic nitrogens is 1. The molecule has 0 aliphatic heterocycles. The van der Waals surface area contributed by atoms with Gasteiger partial charge in [0.1, 0.15) is 0 Å². The van der Waals surface area contributed by atoms with Crippen molar-refractivity contribution in [2.45, 2.75) is 13.0 Å². The first-order chi connectivity index (χ1) is 4.75. The predicted molar refractivity (Wildman–Crippen MR) is 42.9 cm³/mol. The molecule has 1 N–H and O–H groups in total. The third-order valence-corrected chi connectivity index (χ3v) is 1.86. The first-order valence-electron chi connectivity index (χ1n) is 3.54. The van der Waals surface area contributed by atoms with Crippen molar-refractivity contribution in [3.8, 4) is 0 Å². The number of aryl methyl sites for hydroxylation is 1. The Labute approximate surface area is 61.9 Å². The van der Waals surface area contributed by atoms with E-state index in [1.165, 1.54) is 5.69 Å². The van der Waals surface area contributed by atoms with Crippen LogP contribution in [-0.4, -0.2) is 11.6 Å². The van der Waals surface area contributed by atoms with E-state index in [0.29, 0.717) is 6.04 Å². The summed E-state index contributed by atoms with van der Waals surface area (Å²) < 4.78 is 2.13. The number of rotatable bonds is 2. The summed E-state index contributed by atoms with van der Waals surface area (Å²) in [6.45, 7) is 2.15. The van der Waals surface area contributed by atoms with Gasteiger partial charge in [0.25, 0.3) is 0 Å². The molecule has 1 aromatic rings. The smallest absolute Gasteiger partial charge is 0.0443 e. The van der Waals surface area contributed by atoms with Crippen LogP contribution in [0.25, 0.3) is 0 Å². The first kappa shape index (κ1) is 7.35. The van der Waals surface area contributed by atoms with Gasteiger partial charge < -0.3 is 9.88 Å². The molecule has 0 saturated heterocycles. The zero-order valence-electron chi connectivity index (χ0n) is 6.76. The summed E-state index contributed by atoms with van der Waals surface area (Å²) in [4.78, 5) is 0. The summed E-state index contributed by atoms with van der Waals surface area (Å²) in [5.74, 6) is 0. The number of hydrogen-bond acceptors (Lipinski definition) is 1. The fourth-order valence-corrected chi connectivity index (χ4v) is 1.07. The van der Waals surface area contributed by atoms with Gasteiger partial charge in [-0.2, -0.15) is 0 Å². The second-order valence-corrected chi connectivity index (χ2v) is 2.55. The Morgan fingerprint density at radius 2 is 2.30 bits per heavy atom. The van der Waals surface area contributed by atoms with E-state index in [4.69, 9.17) is 0 Å². The molecule has 0 fully saturated rings. The highest BCUT2D eigenvalue weighted by Gasteiger charge is 2.03. The summed E-state index contributed by atoms with van der Waals surface area (Å²) in [5.41, 5.74) is 1.32. The summed E-state index contributed by atoms with van der Waals surface area (Å²) in [7, 11) is 4.03. The Kier molecular flexibility index (Phi) is 2.12. The first-order valence-corrected chi connectivity index (χ1v) is 3.54. The fraction of sp³-hybridized carbons (Fsp3) is 0.500. The van der Waals surface area contributed by atoms with E-state index in [1.54, 1.807) is 0 Å². The van der Waals surface area contributed by atoms with Crippen molar-refractivity contribution in [2.75, 3.05) is 7.05 Å². The Hall–Kier alpha value is -0.760. The molecule has 1 rings (SSSR count). The lowest BCUT2D eigenvalue weighted by Gasteiger charge is -2.10. The predicted octanol–water partition coefficient (Wildman–Crippen LogP) is 1.31. The maximum atomic E-state index is 3.19. The van der Waals surface area contributed by atoms with Crippen LogP contribution < -0.4 is 5.32 Å². The molecule has 0 aliphatic carbocycles. The maximum absolute atomic E-state index is 3.19. The van der Waals surface area contributed by atoms with Crippen LogP contribution in [0, 0.1) is 0 Å². The quantitative estimate of drug-likeness (QED) is 0.652. The van der Waals surface area contributed by atoms with Crippen molar-refractivity contribution in [2.24, 2.45) is 7.05 Å². The zero-order valence-corrected chi connectivity index (χ0v) is 6.76. The van der Waals surface area contributed by atoms with E-state index < -0.39 is 0 Å². The van der Waals surface area contributed by atoms with Gasteiger partial charge in [-0.1, -0.05) is 0 Å². The third kappa shape index (κ3) is 1.21. The molecule has 1 atom stereocenters. The van der Waals surface area contributed by atoms with Crippen LogP contribution >= 0.6 is 0 Å². The van der Waals surface area contributed by atoms with Crippen molar-refractivity contribution in [1.82, 2.24) is 9.88 Å². The second-order valence-electron chi connectivity index (χ2n) is 2.55. The lowest BCUT2D eigenvalue weighted by molar-refractivity contribution is 0.605. The van der Waals surface area contributed by atoms with Gasteiger partial charge in [0.05, 0.1) is 0 Å². The molecule has 56 valence electrons. The van der Waals surface area contributed by atoms with Gasteiger partial charge in [-0.15, -0.1) is 0 Å². The van der Waals surface area contributed by atoms with Gasteiger partial charge >= 0.3 is 0 Å². The zero-order chi connectivity index (χ0) is 7.56. The second kappa shape index (κ2) is 2.88. The molecule has 0 aromatic carbocycles. The SMILES string of the molecule is CN[C@@H](C)c1cccn1C. The van der Waals surface area contributed by atoms with E-state index in [-0.39, 0.29) is 0 Å². The van der Waals surface area contributed by atoms with Crippen LogP contribution in [0.15, 0.2) is 18.3 Å². The molecular formula is C8H14N2. The topological polar surface area (TPSA) is 17.0 Å². The summed E-state index contributed by atoms with van der Waals surface area (Å²) in [5, 5.41) is 3.19. The van der Waals surface area contributed by atoms with Crippen LogP contribution in [0.2, 0.25) is 0 Å². The molecule has 0 saturated carbocycles. The molecule has 0 amide bonds.